The summed E-state index contributed by atoms with van der Waals surface area (Å²) in [5, 5.41) is 4.08. The van der Waals surface area contributed by atoms with Gasteiger partial charge in [0.05, 0.1) is 6.20 Å². The minimum Gasteiger partial charge on any atom is -0.275 e. The Morgan fingerprint density at radius 2 is 2.21 bits per heavy atom. The fourth-order valence-electron chi connectivity index (χ4n) is 1.02. The lowest BCUT2D eigenvalue weighted by Gasteiger charge is -1.95. The molecule has 0 aliphatic rings. The predicted octanol–water partition coefficient (Wildman–Crippen LogP) is 2.96. The van der Waals surface area contributed by atoms with Crippen LogP contribution < -0.4 is 0 Å². The van der Waals surface area contributed by atoms with Gasteiger partial charge in [-0.2, -0.15) is 5.10 Å². The Morgan fingerprint density at radius 1 is 1.50 bits per heavy atom. The Kier molecular flexibility index (Phi) is 3.46. The van der Waals surface area contributed by atoms with Crippen molar-refractivity contribution >= 4 is 5.57 Å². The molecule has 0 aliphatic carbocycles. The molecule has 0 N–H and O–H groups in total. The number of hydrogen-bond acceptors (Lipinski definition) is 1. The number of aromatic nitrogens is 2. The quantitative estimate of drug-likeness (QED) is 0.664. The van der Waals surface area contributed by atoms with Gasteiger partial charge in [0.2, 0.25) is 0 Å². The monoisotopic (exact) mass is 188 g/mol. The van der Waals surface area contributed by atoms with Gasteiger partial charge in [-0.15, -0.1) is 0 Å². The highest BCUT2D eigenvalue weighted by molar-refractivity contribution is 5.71. The van der Waals surface area contributed by atoms with E-state index in [0.29, 0.717) is 0 Å². The van der Waals surface area contributed by atoms with Gasteiger partial charge < -0.3 is 0 Å². The molecule has 0 atom stereocenters. The maximum atomic E-state index is 4.08. The molecule has 0 spiro atoms. The first-order valence-electron chi connectivity index (χ1n) is 4.67. The Hall–Kier alpha value is -1.57. The molecule has 2 heteroatoms. The topological polar surface area (TPSA) is 17.8 Å². The maximum Gasteiger partial charge on any atom is 0.0567 e. The maximum absolute atomic E-state index is 4.08. The van der Waals surface area contributed by atoms with E-state index in [1.165, 1.54) is 0 Å². The van der Waals surface area contributed by atoms with Crippen LogP contribution in [0.15, 0.2) is 43.3 Å². The Balaban J connectivity index is 2.68. The van der Waals surface area contributed by atoms with E-state index in [2.05, 4.69) is 25.2 Å². The fourth-order valence-corrected chi connectivity index (χ4v) is 1.02. The molecule has 74 valence electrons. The van der Waals surface area contributed by atoms with Gasteiger partial charge in [-0.3, -0.25) is 4.68 Å². The van der Waals surface area contributed by atoms with Gasteiger partial charge in [-0.1, -0.05) is 37.8 Å². The molecule has 1 rings (SSSR count). The lowest BCUT2D eigenvalue weighted by atomic mass is 10.1. The van der Waals surface area contributed by atoms with Crippen LogP contribution in [0.5, 0.6) is 0 Å². The molecule has 0 radical (unpaired) electrons. The van der Waals surface area contributed by atoms with Crippen LogP contribution in [0.1, 0.15) is 18.9 Å². The van der Waals surface area contributed by atoms with E-state index in [9.17, 15) is 0 Å². The van der Waals surface area contributed by atoms with Crippen molar-refractivity contribution in [1.82, 2.24) is 9.78 Å². The second-order valence-corrected chi connectivity index (χ2v) is 3.27. The predicted molar refractivity (Wildman–Crippen MR) is 60.8 cm³/mol. The number of hydrogen-bond donors (Lipinski definition) is 0. The van der Waals surface area contributed by atoms with E-state index in [0.717, 1.165) is 23.1 Å². The second kappa shape index (κ2) is 4.61. The zero-order chi connectivity index (χ0) is 10.6. The molecule has 0 bridgehead atoms. The first-order valence-corrected chi connectivity index (χ1v) is 4.67. The van der Waals surface area contributed by atoms with Gasteiger partial charge in [0.25, 0.3) is 0 Å². The van der Waals surface area contributed by atoms with Crippen molar-refractivity contribution in [1.29, 1.82) is 0 Å². The minimum absolute atomic E-state index is 0.965. The van der Waals surface area contributed by atoms with Crippen LogP contribution in [0.25, 0.3) is 5.57 Å². The SMILES string of the molecule is C=C(/C=C\C(=C)c1cnn(C)c1)CC. The summed E-state index contributed by atoms with van der Waals surface area (Å²) in [6.45, 7) is 9.94. The molecule has 0 saturated carbocycles. The highest BCUT2D eigenvalue weighted by Crippen LogP contribution is 2.13. The van der Waals surface area contributed by atoms with Gasteiger partial charge in [0.15, 0.2) is 0 Å². The molecule has 0 aliphatic heterocycles. The van der Waals surface area contributed by atoms with Crippen molar-refractivity contribution in [2.75, 3.05) is 0 Å². The van der Waals surface area contributed by atoms with Crippen LogP contribution >= 0.6 is 0 Å². The number of aryl methyl sites for hydroxylation is 1. The summed E-state index contributed by atoms with van der Waals surface area (Å²) in [6.07, 6.45) is 8.69. The van der Waals surface area contributed by atoms with Crippen LogP contribution in [-0.2, 0) is 7.05 Å². The number of allylic oxidation sites excluding steroid dienone is 4. The third-order valence-corrected chi connectivity index (χ3v) is 2.05. The fraction of sp³-hybridized carbons (Fsp3) is 0.250. The average molecular weight is 188 g/mol. The largest absolute Gasteiger partial charge is 0.275 e. The van der Waals surface area contributed by atoms with Crippen molar-refractivity contribution in [2.45, 2.75) is 13.3 Å². The van der Waals surface area contributed by atoms with E-state index in [-0.39, 0.29) is 0 Å². The summed E-state index contributed by atoms with van der Waals surface area (Å²) < 4.78 is 1.77. The lowest BCUT2D eigenvalue weighted by Crippen LogP contribution is -1.84. The smallest absolute Gasteiger partial charge is 0.0567 e. The van der Waals surface area contributed by atoms with Crippen molar-refractivity contribution in [3.63, 3.8) is 0 Å². The van der Waals surface area contributed by atoms with E-state index in [1.54, 1.807) is 10.9 Å². The van der Waals surface area contributed by atoms with Crippen molar-refractivity contribution in [3.05, 3.63) is 48.8 Å². The first-order chi connectivity index (χ1) is 6.63. The molecule has 2 nitrogen and oxygen atoms in total. The van der Waals surface area contributed by atoms with Gasteiger partial charge in [0.1, 0.15) is 0 Å². The van der Waals surface area contributed by atoms with Gasteiger partial charge in [-0.25, -0.2) is 0 Å². The average Bonchev–Trinajstić information content (AvgIpc) is 2.60. The molecule has 14 heavy (non-hydrogen) atoms. The van der Waals surface area contributed by atoms with Gasteiger partial charge >= 0.3 is 0 Å². The summed E-state index contributed by atoms with van der Waals surface area (Å²) >= 11 is 0. The molecule has 0 fully saturated rings. The zero-order valence-corrected chi connectivity index (χ0v) is 8.83. The summed E-state index contributed by atoms with van der Waals surface area (Å²) in [5.74, 6) is 0. The highest BCUT2D eigenvalue weighted by atomic mass is 15.2. The molecule has 0 saturated heterocycles. The standard InChI is InChI=1S/C12H16N2/c1-5-10(2)6-7-11(3)12-8-13-14(4)9-12/h6-9H,2-3,5H2,1,4H3/b7-6-. The second-order valence-electron chi connectivity index (χ2n) is 3.27. The summed E-state index contributed by atoms with van der Waals surface area (Å²) in [5.41, 5.74) is 3.12. The first kappa shape index (κ1) is 10.5. The minimum atomic E-state index is 0.965. The lowest BCUT2D eigenvalue weighted by molar-refractivity contribution is 0.767. The molecule has 1 aromatic rings. The number of nitrogens with zero attached hydrogens (tertiary/aromatic N) is 2. The third-order valence-electron chi connectivity index (χ3n) is 2.05. The Morgan fingerprint density at radius 3 is 2.71 bits per heavy atom. The highest BCUT2D eigenvalue weighted by Gasteiger charge is 1.96. The van der Waals surface area contributed by atoms with E-state index in [1.807, 2.05) is 25.4 Å². The number of rotatable bonds is 4. The summed E-state index contributed by atoms with van der Waals surface area (Å²) in [7, 11) is 1.89. The molecule has 0 amide bonds. The Labute approximate surface area is 85.3 Å². The molecule has 0 aromatic carbocycles. The molecule has 1 heterocycles. The molecular formula is C12H16N2. The normalized spacial score (nSPS) is 10.7. The van der Waals surface area contributed by atoms with Crippen LogP contribution in [0.3, 0.4) is 0 Å². The molecule has 1 aromatic heterocycles. The van der Waals surface area contributed by atoms with Gasteiger partial charge in [0, 0.05) is 18.8 Å². The summed E-state index contributed by atoms with van der Waals surface area (Å²) in [6, 6.07) is 0. The third kappa shape index (κ3) is 2.73. The van der Waals surface area contributed by atoms with E-state index in [4.69, 9.17) is 0 Å². The van der Waals surface area contributed by atoms with Gasteiger partial charge in [-0.05, 0) is 12.0 Å². The van der Waals surface area contributed by atoms with E-state index < -0.39 is 0 Å². The van der Waals surface area contributed by atoms with E-state index >= 15 is 0 Å². The van der Waals surface area contributed by atoms with Crippen LogP contribution in [0.2, 0.25) is 0 Å². The van der Waals surface area contributed by atoms with Crippen LogP contribution in [-0.4, -0.2) is 9.78 Å². The van der Waals surface area contributed by atoms with Crippen LogP contribution in [0, 0.1) is 0 Å². The van der Waals surface area contributed by atoms with Crippen molar-refractivity contribution in [2.24, 2.45) is 7.05 Å². The Bertz CT molecular complexity index is 369. The molecular weight excluding hydrogens is 172 g/mol. The van der Waals surface area contributed by atoms with Crippen molar-refractivity contribution < 1.29 is 0 Å². The zero-order valence-electron chi connectivity index (χ0n) is 8.83. The van der Waals surface area contributed by atoms with Crippen molar-refractivity contribution in [3.8, 4) is 0 Å². The van der Waals surface area contributed by atoms with Crippen LogP contribution in [0.4, 0.5) is 0 Å². The summed E-state index contributed by atoms with van der Waals surface area (Å²) in [4.78, 5) is 0. The molecule has 0 unspecified atom stereocenters.